The number of benzene rings is 1. The quantitative estimate of drug-likeness (QED) is 0.0260. The van der Waals surface area contributed by atoms with E-state index in [1.165, 1.54) is 0 Å². The lowest BCUT2D eigenvalue weighted by atomic mass is 9.84. The first-order valence-corrected chi connectivity index (χ1v) is 38.6. The van der Waals surface area contributed by atoms with Crippen LogP contribution in [-0.2, 0) is 46.8 Å². The molecule has 1 aromatic carbocycles. The summed E-state index contributed by atoms with van der Waals surface area (Å²) in [5.74, 6) is -0.107. The molecule has 78 heavy (non-hydrogen) atoms. The second kappa shape index (κ2) is 29.7. The van der Waals surface area contributed by atoms with Gasteiger partial charge in [-0.15, -0.1) is 0 Å². The average molecular weight is 1160 g/mol. The van der Waals surface area contributed by atoms with E-state index in [1.807, 2.05) is 45.9 Å². The number of rotatable bonds is 30. The van der Waals surface area contributed by atoms with Crippen molar-refractivity contribution in [2.75, 3.05) is 40.8 Å². The normalized spacial score (nSPS) is 21.1. The van der Waals surface area contributed by atoms with Crippen molar-refractivity contribution in [1.29, 1.82) is 0 Å². The molecule has 0 radical (unpaired) electrons. The van der Waals surface area contributed by atoms with Gasteiger partial charge in [-0.25, -0.2) is 13.4 Å². The van der Waals surface area contributed by atoms with E-state index in [1.54, 1.807) is 56.9 Å². The minimum atomic E-state index is -4.19. The Morgan fingerprint density at radius 2 is 1.46 bits per heavy atom. The van der Waals surface area contributed by atoms with E-state index in [0.29, 0.717) is 50.5 Å². The third-order valence-electron chi connectivity index (χ3n) is 17.2. The summed E-state index contributed by atoms with van der Waals surface area (Å²) in [5, 5.41) is 11.4. The Balaban J connectivity index is 2.18. The van der Waals surface area contributed by atoms with Crippen molar-refractivity contribution in [2.24, 2.45) is 17.8 Å². The van der Waals surface area contributed by atoms with Crippen LogP contribution < -0.4 is 0 Å². The van der Waals surface area contributed by atoms with E-state index >= 15 is 8.42 Å². The Kier molecular flexibility index (Phi) is 26.7. The molecular formula is C61H107NO12SSi3. The second-order valence-corrected chi connectivity index (χ2v) is 43.0. The first-order valence-electron chi connectivity index (χ1n) is 28.4. The van der Waals surface area contributed by atoms with Crippen LogP contribution in [0.3, 0.4) is 0 Å². The Morgan fingerprint density at radius 1 is 0.846 bits per heavy atom. The number of aryl methyl sites for hydroxylation is 1. The van der Waals surface area contributed by atoms with Gasteiger partial charge < -0.3 is 46.5 Å². The van der Waals surface area contributed by atoms with Gasteiger partial charge in [0.15, 0.2) is 40.7 Å². The van der Waals surface area contributed by atoms with Crippen molar-refractivity contribution in [2.45, 2.75) is 231 Å². The minimum Gasteiger partial charge on any atom is -0.449 e. The van der Waals surface area contributed by atoms with Crippen molar-refractivity contribution in [3.63, 3.8) is 0 Å². The highest BCUT2D eigenvalue weighted by atomic mass is 32.2. The number of sulfone groups is 1. The Labute approximate surface area is 477 Å². The molecule has 0 amide bonds. The average Bonchev–Trinajstić information content (AvgIpc) is 3.73. The summed E-state index contributed by atoms with van der Waals surface area (Å²) in [5.41, 5.74) is 3.42. The molecule has 446 valence electrons. The fourth-order valence-corrected chi connectivity index (χ4v) is 14.8. The molecule has 3 rings (SSSR count). The lowest BCUT2D eigenvalue weighted by molar-refractivity contribution is -0.184. The molecule has 1 aromatic heterocycles. The van der Waals surface area contributed by atoms with Crippen molar-refractivity contribution in [3.05, 3.63) is 89.2 Å². The smallest absolute Gasteiger partial charge is 0.195 e. The topological polar surface area (TPSA) is 154 Å². The number of nitrogens with zero attached hydrogens (tertiary/aromatic N) is 1. The highest BCUT2D eigenvalue weighted by Crippen LogP contribution is 2.44. The van der Waals surface area contributed by atoms with Crippen molar-refractivity contribution in [3.8, 4) is 0 Å². The number of allylic oxidation sites excluding steroid dienone is 4. The standard InChI is InChI=1S/C61H107NO12SSi3/c1-43(36-50-41-69-48(6)62-50)28-27-29-44(2)57(67-17)46(4)55(73-77(20,21)60(10,11)12)40-53(70-42-68-35-34-66-16)45(3)37-52(63)58(75(64,65)51-30-25-24-26-31-51)47(5)54-38-49(32-33-71-76(18,19)59(7,8)9)39-56(72-54)74-78(22,23)61(13,14)15/h24-31,36-37,41,46-47,49,52-58,63H,32-35,38-40,42H2,1-23H3/b28-27+,43-36+,44-29+,45-37+/t46-,47-,49+,52?,53-,54+,55-,56+,57-,58?/m0/s1. The molecule has 13 nitrogen and oxygen atoms in total. The summed E-state index contributed by atoms with van der Waals surface area (Å²) in [6.07, 6.45) is 9.82. The molecule has 2 heterocycles. The van der Waals surface area contributed by atoms with Crippen LogP contribution in [0.5, 0.6) is 0 Å². The third-order valence-corrected chi connectivity index (χ3v) is 33.1. The molecule has 0 aliphatic carbocycles. The Hall–Kier alpha value is -2.37. The van der Waals surface area contributed by atoms with Gasteiger partial charge in [-0.1, -0.05) is 119 Å². The van der Waals surface area contributed by atoms with Crippen molar-refractivity contribution < 1.29 is 54.9 Å². The van der Waals surface area contributed by atoms with Crippen LogP contribution >= 0.6 is 0 Å². The molecule has 2 unspecified atom stereocenters. The maximum Gasteiger partial charge on any atom is 0.195 e. The van der Waals surface area contributed by atoms with Crippen LogP contribution in [0.4, 0.5) is 0 Å². The minimum absolute atomic E-state index is 0.0598. The van der Waals surface area contributed by atoms with E-state index in [4.69, 9.17) is 41.4 Å². The zero-order valence-electron chi connectivity index (χ0n) is 52.6. The van der Waals surface area contributed by atoms with Crippen LogP contribution in [0.15, 0.2) is 86.9 Å². The summed E-state index contributed by atoms with van der Waals surface area (Å²) >= 11 is 0. The van der Waals surface area contributed by atoms with E-state index in [9.17, 15) is 5.11 Å². The SMILES string of the molecule is COCCOCO[C@@H](C[C@H](O[Si](C)(C)C(C)(C)C)[C@H](C)[C@@H](OC)/C(C)=C/C=C/C(C)=C/c1coc(C)n1)/C(C)=C/C(O)C([C@@H](C)[C@H]1C[C@@H](CCO[Si](C)(C)C(C)(C)C)C[C@@H](O[Si](C)(C)C(C)(C)C)O1)S(=O)(=O)c1ccccc1. The van der Waals surface area contributed by atoms with Crippen molar-refractivity contribution in [1.82, 2.24) is 4.98 Å². The molecule has 1 N–H and O–H groups in total. The largest absolute Gasteiger partial charge is 0.449 e. The number of aliphatic hydroxyl groups is 1. The van der Waals surface area contributed by atoms with Gasteiger partial charge in [0, 0.05) is 52.4 Å². The summed E-state index contributed by atoms with van der Waals surface area (Å²) in [7, 11) is -7.66. The molecule has 1 aliphatic rings. The van der Waals surface area contributed by atoms with Gasteiger partial charge in [-0.2, -0.15) is 0 Å². The lowest BCUT2D eigenvalue weighted by Gasteiger charge is -2.45. The van der Waals surface area contributed by atoms with Crippen LogP contribution in [0.1, 0.15) is 134 Å². The van der Waals surface area contributed by atoms with Crippen LogP contribution in [0.2, 0.25) is 54.4 Å². The molecule has 10 atom stereocenters. The first kappa shape index (κ1) is 69.9. The number of methoxy groups -OCH3 is 2. The molecule has 1 fully saturated rings. The Morgan fingerprint density at radius 3 is 2.01 bits per heavy atom. The van der Waals surface area contributed by atoms with Gasteiger partial charge in [-0.3, -0.25) is 0 Å². The predicted octanol–water partition coefficient (Wildman–Crippen LogP) is 14.7. The maximum atomic E-state index is 15.3. The summed E-state index contributed by atoms with van der Waals surface area (Å²) < 4.78 is 88.2. The van der Waals surface area contributed by atoms with E-state index in [0.717, 1.165) is 23.3 Å². The van der Waals surface area contributed by atoms with Gasteiger partial charge in [0.25, 0.3) is 0 Å². The van der Waals surface area contributed by atoms with Gasteiger partial charge in [0.05, 0.1) is 48.6 Å². The van der Waals surface area contributed by atoms with Crippen LogP contribution in [0.25, 0.3) is 6.08 Å². The molecule has 0 spiro atoms. The Bertz CT molecular complexity index is 2360. The summed E-state index contributed by atoms with van der Waals surface area (Å²) in [6.45, 7) is 46.6. The number of hydrogen-bond donors (Lipinski definition) is 1. The number of oxazole rings is 1. The molecule has 0 saturated carbocycles. The molecule has 1 aliphatic heterocycles. The first-order chi connectivity index (χ1) is 35.9. The third kappa shape index (κ3) is 20.5. The van der Waals surface area contributed by atoms with Gasteiger partial charge in [0.1, 0.15) is 30.3 Å². The highest BCUT2D eigenvalue weighted by Gasteiger charge is 2.48. The zero-order valence-corrected chi connectivity index (χ0v) is 56.4. The fourth-order valence-electron chi connectivity index (χ4n) is 9.12. The van der Waals surface area contributed by atoms with Gasteiger partial charge in [-0.05, 0) is 129 Å². The molecule has 1 saturated heterocycles. The van der Waals surface area contributed by atoms with E-state index < -0.39 is 76.7 Å². The van der Waals surface area contributed by atoms with Gasteiger partial charge >= 0.3 is 0 Å². The second-order valence-electron chi connectivity index (χ2n) is 26.6. The monoisotopic (exact) mass is 1160 g/mol. The number of ether oxygens (including phenoxy) is 5. The number of aromatic nitrogens is 1. The van der Waals surface area contributed by atoms with Crippen molar-refractivity contribution >= 4 is 40.9 Å². The van der Waals surface area contributed by atoms with E-state index in [-0.39, 0.29) is 44.7 Å². The predicted molar refractivity (Wildman–Crippen MR) is 326 cm³/mol. The molecule has 17 heteroatoms. The molecule has 0 bridgehead atoms. The van der Waals surface area contributed by atoms with Crippen LogP contribution in [0, 0.1) is 24.7 Å². The summed E-state index contributed by atoms with van der Waals surface area (Å²) in [6, 6.07) is 8.45. The van der Waals surface area contributed by atoms with Gasteiger partial charge in [0.2, 0.25) is 0 Å². The molecule has 2 aromatic rings. The number of aliphatic hydroxyl groups excluding tert-OH is 1. The number of hydrogen-bond acceptors (Lipinski definition) is 13. The summed E-state index contributed by atoms with van der Waals surface area (Å²) in [4.78, 5) is 4.54. The fraction of sp³-hybridized carbons (Fsp3) is 0.721. The highest BCUT2D eigenvalue weighted by molar-refractivity contribution is 7.92. The molecular weight excluding hydrogens is 1050 g/mol. The zero-order chi connectivity index (χ0) is 59.2. The van der Waals surface area contributed by atoms with E-state index in [2.05, 4.69) is 127 Å². The van der Waals surface area contributed by atoms with Crippen LogP contribution in [-0.4, -0.2) is 126 Å². The maximum absolute atomic E-state index is 15.3. The lowest BCUT2D eigenvalue weighted by Crippen LogP contribution is -2.51.